The molecule has 0 saturated heterocycles. The number of alkyl halides is 3. The van der Waals surface area contributed by atoms with Crippen LogP contribution >= 0.6 is 0 Å². The van der Waals surface area contributed by atoms with Crippen LogP contribution in [0.3, 0.4) is 0 Å². The maximum absolute atomic E-state index is 11.9. The van der Waals surface area contributed by atoms with Crippen molar-refractivity contribution >= 4 is 11.9 Å². The number of hydrogen-bond donors (Lipinski definition) is 1. The number of halogens is 3. The van der Waals surface area contributed by atoms with Gasteiger partial charge in [0.15, 0.2) is 12.7 Å². The summed E-state index contributed by atoms with van der Waals surface area (Å²) in [6, 6.07) is 7.16. The van der Waals surface area contributed by atoms with Crippen LogP contribution in [0.2, 0.25) is 0 Å². The fourth-order valence-corrected chi connectivity index (χ4v) is 1.79. The summed E-state index contributed by atoms with van der Waals surface area (Å²) >= 11 is 0. The Morgan fingerprint density at radius 1 is 1.12 bits per heavy atom. The van der Waals surface area contributed by atoms with Crippen molar-refractivity contribution in [2.24, 2.45) is 0 Å². The van der Waals surface area contributed by atoms with Gasteiger partial charge in [0.2, 0.25) is 0 Å². The molecule has 0 saturated carbocycles. The molecule has 0 fully saturated rings. The van der Waals surface area contributed by atoms with Crippen molar-refractivity contribution in [3.63, 3.8) is 0 Å². The molecular formula is C17H22F3NO4. The third-order valence-corrected chi connectivity index (χ3v) is 3.20. The molecule has 1 N–H and O–H groups in total. The summed E-state index contributed by atoms with van der Waals surface area (Å²) in [6.45, 7) is 5.33. The Morgan fingerprint density at radius 3 is 2.16 bits per heavy atom. The number of hydrogen-bond acceptors (Lipinski definition) is 4. The van der Waals surface area contributed by atoms with E-state index in [9.17, 15) is 22.8 Å². The van der Waals surface area contributed by atoms with Gasteiger partial charge < -0.3 is 14.8 Å². The molecule has 0 aliphatic rings. The van der Waals surface area contributed by atoms with Crippen molar-refractivity contribution in [1.82, 2.24) is 5.32 Å². The molecular weight excluding hydrogens is 339 g/mol. The van der Waals surface area contributed by atoms with Crippen molar-refractivity contribution in [2.75, 3.05) is 13.2 Å². The van der Waals surface area contributed by atoms with Crippen LogP contribution in [0.4, 0.5) is 13.2 Å². The van der Waals surface area contributed by atoms with Gasteiger partial charge in [-0.05, 0) is 30.0 Å². The van der Waals surface area contributed by atoms with Gasteiger partial charge in [0.1, 0.15) is 12.3 Å². The van der Waals surface area contributed by atoms with Gasteiger partial charge in [0.05, 0.1) is 0 Å². The number of carbonyl (C=O) groups excluding carboxylic acids is 2. The molecule has 8 heteroatoms. The van der Waals surface area contributed by atoms with Crippen LogP contribution in [0, 0.1) is 0 Å². The van der Waals surface area contributed by atoms with Crippen molar-refractivity contribution in [1.29, 1.82) is 0 Å². The number of benzene rings is 1. The molecule has 0 aliphatic carbocycles. The zero-order chi connectivity index (χ0) is 19.3. The van der Waals surface area contributed by atoms with E-state index >= 15 is 0 Å². The van der Waals surface area contributed by atoms with Gasteiger partial charge in [-0.1, -0.05) is 32.9 Å². The van der Waals surface area contributed by atoms with Crippen LogP contribution in [-0.4, -0.2) is 37.3 Å². The number of carbonyl (C=O) groups is 2. The van der Waals surface area contributed by atoms with Crippen molar-refractivity contribution in [3.8, 4) is 5.75 Å². The average Bonchev–Trinajstić information content (AvgIpc) is 2.49. The first-order valence-corrected chi connectivity index (χ1v) is 7.66. The maximum atomic E-state index is 11.9. The van der Waals surface area contributed by atoms with Crippen LogP contribution in [0.5, 0.6) is 5.75 Å². The van der Waals surface area contributed by atoms with Crippen LogP contribution in [0.1, 0.15) is 33.3 Å². The summed E-state index contributed by atoms with van der Waals surface area (Å²) in [6.07, 6.45) is -5.52. The Balaban J connectivity index is 2.45. The number of amides is 1. The summed E-state index contributed by atoms with van der Waals surface area (Å²) in [5, 5.41) is 1.60. The third kappa shape index (κ3) is 7.91. The first-order chi connectivity index (χ1) is 11.4. The summed E-state index contributed by atoms with van der Waals surface area (Å²) in [7, 11) is 0. The summed E-state index contributed by atoms with van der Waals surface area (Å²) in [4.78, 5) is 22.9. The quantitative estimate of drug-likeness (QED) is 0.791. The molecule has 25 heavy (non-hydrogen) atoms. The lowest BCUT2D eigenvalue weighted by atomic mass is 9.87. The zero-order valence-corrected chi connectivity index (χ0v) is 14.6. The van der Waals surface area contributed by atoms with Gasteiger partial charge >= 0.3 is 12.1 Å². The topological polar surface area (TPSA) is 64.6 Å². The summed E-state index contributed by atoms with van der Waals surface area (Å²) in [5.41, 5.74) is 1.07. The summed E-state index contributed by atoms with van der Waals surface area (Å²) < 4.78 is 45.9. The fraction of sp³-hybridized carbons (Fsp3) is 0.529. The second-order valence-corrected chi connectivity index (χ2v) is 6.53. The molecule has 0 radical (unpaired) electrons. The molecule has 5 nitrogen and oxygen atoms in total. The van der Waals surface area contributed by atoms with E-state index < -0.39 is 37.3 Å². The van der Waals surface area contributed by atoms with Gasteiger partial charge in [0, 0.05) is 0 Å². The smallest absolute Gasteiger partial charge is 0.405 e. The van der Waals surface area contributed by atoms with Crippen LogP contribution < -0.4 is 10.1 Å². The highest BCUT2D eigenvalue weighted by Crippen LogP contribution is 2.24. The highest BCUT2D eigenvalue weighted by Gasteiger charge is 2.28. The minimum Gasteiger partial charge on any atom is -0.479 e. The lowest BCUT2D eigenvalue weighted by Crippen LogP contribution is -2.37. The van der Waals surface area contributed by atoms with E-state index in [-0.39, 0.29) is 5.41 Å². The standard InChI is InChI=1S/C17H22F3NO4/c1-11(15(23)24-9-14(22)21-10-17(18,19)20)25-13-7-5-12(6-8-13)16(2,3)4/h5-8,11H,9-10H2,1-4H3,(H,21,22)/t11-/m0/s1. The van der Waals surface area contributed by atoms with Gasteiger partial charge in [-0.3, -0.25) is 4.79 Å². The molecule has 0 aliphatic heterocycles. The molecule has 1 aromatic rings. The van der Waals surface area contributed by atoms with Crippen LogP contribution in [-0.2, 0) is 19.7 Å². The predicted octanol–water partition coefficient (Wildman–Crippen LogP) is 2.97. The Kier molecular flexibility index (Phi) is 6.84. The molecule has 1 atom stereocenters. The van der Waals surface area contributed by atoms with E-state index in [2.05, 4.69) is 25.5 Å². The number of rotatable bonds is 6. The molecule has 1 aromatic carbocycles. The molecule has 0 unspecified atom stereocenters. The minimum atomic E-state index is -4.52. The van der Waals surface area contributed by atoms with E-state index in [0.29, 0.717) is 5.75 Å². The van der Waals surface area contributed by atoms with Crippen molar-refractivity contribution in [3.05, 3.63) is 29.8 Å². The minimum absolute atomic E-state index is 0.0210. The van der Waals surface area contributed by atoms with E-state index in [1.807, 2.05) is 12.1 Å². The molecule has 0 bridgehead atoms. The fourth-order valence-electron chi connectivity index (χ4n) is 1.79. The second-order valence-electron chi connectivity index (χ2n) is 6.53. The number of ether oxygens (including phenoxy) is 2. The first kappa shape index (κ1) is 20.8. The summed E-state index contributed by atoms with van der Waals surface area (Å²) in [5.74, 6) is -1.44. The molecule has 140 valence electrons. The number of esters is 1. The second kappa shape index (κ2) is 8.22. The largest absolute Gasteiger partial charge is 0.479 e. The van der Waals surface area contributed by atoms with E-state index in [4.69, 9.17) is 4.74 Å². The normalized spacial score (nSPS) is 13.1. The van der Waals surface area contributed by atoms with Crippen LogP contribution in [0.25, 0.3) is 0 Å². The van der Waals surface area contributed by atoms with Gasteiger partial charge in [-0.15, -0.1) is 0 Å². The molecule has 0 aromatic heterocycles. The van der Waals surface area contributed by atoms with Crippen molar-refractivity contribution < 1.29 is 32.2 Å². The maximum Gasteiger partial charge on any atom is 0.405 e. The van der Waals surface area contributed by atoms with E-state index in [1.54, 1.807) is 17.4 Å². The van der Waals surface area contributed by atoms with Gasteiger partial charge in [-0.2, -0.15) is 13.2 Å². The lowest BCUT2D eigenvalue weighted by molar-refractivity contribution is -0.156. The Hall–Kier alpha value is -2.25. The first-order valence-electron chi connectivity index (χ1n) is 7.66. The zero-order valence-electron chi connectivity index (χ0n) is 14.6. The molecule has 1 rings (SSSR count). The van der Waals surface area contributed by atoms with E-state index in [1.165, 1.54) is 6.92 Å². The monoisotopic (exact) mass is 361 g/mol. The Labute approximate surface area is 144 Å². The SMILES string of the molecule is C[C@H](Oc1ccc(C(C)(C)C)cc1)C(=O)OCC(=O)NCC(F)(F)F. The molecule has 0 spiro atoms. The molecule has 0 heterocycles. The lowest BCUT2D eigenvalue weighted by Gasteiger charge is -2.20. The van der Waals surface area contributed by atoms with E-state index in [0.717, 1.165) is 5.56 Å². The van der Waals surface area contributed by atoms with Gasteiger partial charge in [0.25, 0.3) is 5.91 Å². The average molecular weight is 361 g/mol. The predicted molar refractivity (Wildman–Crippen MR) is 85.3 cm³/mol. The third-order valence-electron chi connectivity index (χ3n) is 3.20. The number of nitrogens with one attached hydrogen (secondary N) is 1. The van der Waals surface area contributed by atoms with Crippen LogP contribution in [0.15, 0.2) is 24.3 Å². The van der Waals surface area contributed by atoms with Crippen molar-refractivity contribution in [2.45, 2.75) is 45.4 Å². The highest BCUT2D eigenvalue weighted by molar-refractivity contribution is 5.82. The van der Waals surface area contributed by atoms with Gasteiger partial charge in [-0.25, -0.2) is 4.79 Å². The molecule has 1 amide bonds. The highest BCUT2D eigenvalue weighted by atomic mass is 19.4. The Morgan fingerprint density at radius 2 is 1.68 bits per heavy atom. The Bertz CT molecular complexity index is 591.